The van der Waals surface area contributed by atoms with E-state index in [0.717, 1.165) is 11.5 Å². The van der Waals surface area contributed by atoms with E-state index in [9.17, 15) is 0 Å². The molecule has 9 heteroatoms. The maximum absolute atomic E-state index is 8.81. The summed E-state index contributed by atoms with van der Waals surface area (Å²) in [5, 5.41) is 17.6. The first-order chi connectivity index (χ1) is 12.9. The zero-order chi connectivity index (χ0) is 19.4. The van der Waals surface area contributed by atoms with Crippen LogP contribution in [0.4, 0.5) is 0 Å². The quantitative estimate of drug-likeness (QED) is 0.372. The maximum Gasteiger partial charge on any atom is 0.0795 e. The summed E-state index contributed by atoms with van der Waals surface area (Å²) in [6.07, 6.45) is 1.13. The van der Waals surface area contributed by atoms with Crippen LogP contribution in [0.5, 0.6) is 0 Å². The average Bonchev–Trinajstić information content (AvgIpc) is 3.27. The minimum Gasteiger partial charge on any atom is -0.198 e. The third-order valence-electron chi connectivity index (χ3n) is 3.39. The fraction of sp³-hybridized carbons (Fsp3) is 0.444. The van der Waals surface area contributed by atoms with E-state index in [1.807, 2.05) is 58.4 Å². The van der Waals surface area contributed by atoms with Gasteiger partial charge in [0.05, 0.1) is 33.3 Å². The molecular formula is C18H18N2S7. The Morgan fingerprint density at radius 1 is 0.889 bits per heavy atom. The van der Waals surface area contributed by atoms with Crippen molar-refractivity contribution in [1.82, 2.24) is 0 Å². The Kier molecular flexibility index (Phi) is 8.00. The van der Waals surface area contributed by atoms with Gasteiger partial charge in [-0.15, -0.1) is 34.9 Å². The summed E-state index contributed by atoms with van der Waals surface area (Å²) in [5.74, 6) is 1.65. The highest BCUT2D eigenvalue weighted by atomic mass is 32.3. The minimum absolute atomic E-state index is 0.205. The van der Waals surface area contributed by atoms with Gasteiger partial charge >= 0.3 is 0 Å². The molecule has 0 N–H and O–H groups in total. The van der Waals surface area contributed by atoms with Crippen molar-refractivity contribution in [1.29, 1.82) is 10.5 Å². The summed E-state index contributed by atoms with van der Waals surface area (Å²) in [5.41, 5.74) is 0.205. The van der Waals surface area contributed by atoms with Gasteiger partial charge in [-0.3, -0.25) is 0 Å². The second kappa shape index (κ2) is 9.84. The topological polar surface area (TPSA) is 47.6 Å². The third kappa shape index (κ3) is 5.66. The van der Waals surface area contributed by atoms with Crippen LogP contribution in [0.15, 0.2) is 32.1 Å². The predicted molar refractivity (Wildman–Crippen MR) is 129 cm³/mol. The van der Waals surface area contributed by atoms with Gasteiger partial charge in [0.25, 0.3) is 0 Å². The van der Waals surface area contributed by atoms with Crippen LogP contribution in [-0.2, 0) is 5.41 Å². The van der Waals surface area contributed by atoms with E-state index >= 15 is 0 Å². The molecule has 3 heterocycles. The summed E-state index contributed by atoms with van der Waals surface area (Å²) in [7, 11) is 0. The molecule has 27 heavy (non-hydrogen) atoms. The fourth-order valence-electron chi connectivity index (χ4n) is 2.07. The van der Waals surface area contributed by atoms with E-state index in [4.69, 9.17) is 10.5 Å². The molecule has 0 radical (unpaired) electrons. The Bertz CT molecular complexity index is 802. The fourth-order valence-corrected chi connectivity index (χ4v) is 12.3. The number of nitrogens with zero attached hydrogens (tertiary/aromatic N) is 2. The van der Waals surface area contributed by atoms with Crippen LogP contribution in [0.25, 0.3) is 0 Å². The van der Waals surface area contributed by atoms with Crippen molar-refractivity contribution < 1.29 is 0 Å². The van der Waals surface area contributed by atoms with Crippen LogP contribution in [0, 0.1) is 22.7 Å². The second-order valence-corrected chi connectivity index (χ2v) is 15.3. The van der Waals surface area contributed by atoms with Crippen LogP contribution in [0.2, 0.25) is 0 Å². The molecule has 2 nitrogen and oxygen atoms in total. The van der Waals surface area contributed by atoms with Crippen LogP contribution in [-0.4, -0.2) is 11.5 Å². The molecule has 0 unspecified atom stereocenters. The number of fused-ring (bicyclic) bond motifs is 1. The van der Waals surface area contributed by atoms with Gasteiger partial charge < -0.3 is 0 Å². The van der Waals surface area contributed by atoms with Gasteiger partial charge in [-0.2, -0.15) is 10.5 Å². The first kappa shape index (κ1) is 22.0. The van der Waals surface area contributed by atoms with E-state index in [0.29, 0.717) is 12.8 Å². The Balaban J connectivity index is 1.71. The summed E-state index contributed by atoms with van der Waals surface area (Å²) < 4.78 is 6.74. The van der Waals surface area contributed by atoms with Gasteiger partial charge in [0, 0.05) is 34.1 Å². The van der Waals surface area contributed by atoms with Crippen LogP contribution < -0.4 is 0 Å². The lowest BCUT2D eigenvalue weighted by Gasteiger charge is -2.15. The molecule has 0 atom stereocenters. The van der Waals surface area contributed by atoms with Crippen molar-refractivity contribution >= 4 is 81.9 Å². The summed E-state index contributed by atoms with van der Waals surface area (Å²) in [4.78, 5) is 2.84. The molecular weight excluding hydrogens is 469 g/mol. The standard InChI is InChI=1S/C18H18N2S7/c1-18(2,3)12-10-11-13(24-12)25-16(23-11)17-26-14(21-8-4-6-19)15(27-17)22-9-5-7-20/h10H,4-5,8-9H2,1-3H3. The largest absolute Gasteiger partial charge is 0.198 e. The number of nitriles is 2. The predicted octanol–water partition coefficient (Wildman–Crippen LogP) is 8.27. The van der Waals surface area contributed by atoms with Crippen molar-refractivity contribution in [3.05, 3.63) is 27.9 Å². The molecule has 142 valence electrons. The molecule has 2 aliphatic heterocycles. The number of hydrogen-bond acceptors (Lipinski definition) is 9. The Hall–Kier alpha value is 0.260. The lowest BCUT2D eigenvalue weighted by molar-refractivity contribution is 0.603. The van der Waals surface area contributed by atoms with Gasteiger partial charge in [-0.25, -0.2) is 0 Å². The third-order valence-corrected chi connectivity index (χ3v) is 13.8. The molecule has 0 saturated carbocycles. The number of thioether (sulfide) groups is 6. The minimum atomic E-state index is 0.205. The lowest BCUT2D eigenvalue weighted by Crippen LogP contribution is -2.07. The molecule has 1 aromatic rings. The van der Waals surface area contributed by atoms with Crippen molar-refractivity contribution in [2.75, 3.05) is 11.5 Å². The van der Waals surface area contributed by atoms with Crippen molar-refractivity contribution in [3.8, 4) is 12.1 Å². The van der Waals surface area contributed by atoms with E-state index in [1.165, 1.54) is 30.9 Å². The summed E-state index contributed by atoms with van der Waals surface area (Å²) in [6, 6.07) is 6.80. The zero-order valence-electron chi connectivity index (χ0n) is 15.2. The van der Waals surface area contributed by atoms with Crippen molar-refractivity contribution in [2.45, 2.75) is 48.1 Å². The van der Waals surface area contributed by atoms with Crippen LogP contribution in [0.3, 0.4) is 0 Å². The van der Waals surface area contributed by atoms with Crippen LogP contribution in [0.1, 0.15) is 38.5 Å². The molecule has 0 aliphatic carbocycles. The number of rotatable bonds is 6. The van der Waals surface area contributed by atoms with Gasteiger partial charge in [-0.1, -0.05) is 67.8 Å². The Labute approximate surface area is 190 Å². The molecule has 0 bridgehead atoms. The molecule has 0 spiro atoms. The van der Waals surface area contributed by atoms with Gasteiger partial charge in [0.15, 0.2) is 0 Å². The average molecular weight is 487 g/mol. The molecule has 0 saturated heterocycles. The normalized spacial score (nSPS) is 16.6. The molecule has 0 aromatic carbocycles. The smallest absolute Gasteiger partial charge is 0.0795 e. The molecule has 2 aliphatic rings. The Morgan fingerprint density at radius 3 is 1.93 bits per heavy atom. The first-order valence-electron chi connectivity index (χ1n) is 8.26. The molecule has 0 fully saturated rings. The molecule has 3 rings (SSSR count). The second-order valence-electron chi connectivity index (χ2n) is 6.58. The van der Waals surface area contributed by atoms with E-state index < -0.39 is 0 Å². The highest BCUT2D eigenvalue weighted by Crippen LogP contribution is 2.65. The summed E-state index contributed by atoms with van der Waals surface area (Å²) in [6.45, 7) is 6.81. The van der Waals surface area contributed by atoms with Gasteiger partial charge in [0.2, 0.25) is 0 Å². The first-order valence-corrected chi connectivity index (χ1v) is 14.3. The molecule has 0 amide bonds. The monoisotopic (exact) mass is 486 g/mol. The van der Waals surface area contributed by atoms with Gasteiger partial charge in [-0.05, 0) is 11.5 Å². The van der Waals surface area contributed by atoms with Crippen molar-refractivity contribution in [2.24, 2.45) is 0 Å². The number of thiophene rings is 1. The van der Waals surface area contributed by atoms with E-state index in [2.05, 4.69) is 39.0 Å². The number of hydrogen-bond donors (Lipinski definition) is 0. The maximum atomic E-state index is 8.81. The lowest BCUT2D eigenvalue weighted by atomic mass is 9.95. The highest BCUT2D eigenvalue weighted by Gasteiger charge is 2.31. The highest BCUT2D eigenvalue weighted by molar-refractivity contribution is 8.42. The zero-order valence-corrected chi connectivity index (χ0v) is 20.9. The SMILES string of the molecule is CC(C)(C)c1cc2c(s1)SC(=C1SC(SCCC#N)=C(SCCC#N)S1)S2. The van der Waals surface area contributed by atoms with Gasteiger partial charge in [0.1, 0.15) is 0 Å². The van der Waals surface area contributed by atoms with E-state index in [1.54, 1.807) is 23.5 Å². The van der Waals surface area contributed by atoms with E-state index in [-0.39, 0.29) is 5.41 Å². The van der Waals surface area contributed by atoms with Crippen LogP contribution >= 0.6 is 81.9 Å². The Morgan fingerprint density at radius 2 is 1.44 bits per heavy atom. The van der Waals surface area contributed by atoms with Crippen molar-refractivity contribution in [3.63, 3.8) is 0 Å². The summed E-state index contributed by atoms with van der Waals surface area (Å²) >= 11 is 12.9. The molecule has 1 aromatic heterocycles.